The van der Waals surface area contributed by atoms with E-state index in [2.05, 4.69) is 4.99 Å². The van der Waals surface area contributed by atoms with Gasteiger partial charge in [0.15, 0.2) is 0 Å². The summed E-state index contributed by atoms with van der Waals surface area (Å²) in [5.74, 6) is 0.694. The van der Waals surface area contributed by atoms with E-state index < -0.39 is 0 Å². The van der Waals surface area contributed by atoms with E-state index in [4.69, 9.17) is 16.4 Å². The summed E-state index contributed by atoms with van der Waals surface area (Å²) in [5, 5.41) is 1.53. The quantitative estimate of drug-likeness (QED) is 0.416. The molecular formula is C7H13ClN2O. The van der Waals surface area contributed by atoms with Crippen molar-refractivity contribution in [2.45, 2.75) is 26.4 Å². The molecule has 1 aliphatic heterocycles. The second-order valence-corrected chi connectivity index (χ2v) is 4.02. The Morgan fingerprint density at radius 1 is 1.55 bits per heavy atom. The Hall–Kier alpha value is -0.280. The highest BCUT2D eigenvalue weighted by Gasteiger charge is 2.31. The number of rotatable bonds is 0. The van der Waals surface area contributed by atoms with Crippen LogP contribution < -0.4 is 0 Å². The molecule has 0 aromatic carbocycles. The lowest BCUT2D eigenvalue weighted by molar-refractivity contribution is -0.0415. The maximum atomic E-state index is 5.78. The van der Waals surface area contributed by atoms with Gasteiger partial charge in [-0.25, -0.2) is 4.99 Å². The summed E-state index contributed by atoms with van der Waals surface area (Å²) >= 11 is 5.78. The van der Waals surface area contributed by atoms with Crippen LogP contribution in [-0.2, 0) is 4.84 Å². The predicted molar refractivity (Wildman–Crippen MR) is 45.4 cm³/mol. The van der Waals surface area contributed by atoms with E-state index in [1.165, 1.54) is 5.06 Å². The number of halogens is 1. The smallest absolute Gasteiger partial charge is 0.217 e. The van der Waals surface area contributed by atoms with Crippen LogP contribution in [0.4, 0.5) is 0 Å². The van der Waals surface area contributed by atoms with Gasteiger partial charge in [-0.05, 0) is 0 Å². The van der Waals surface area contributed by atoms with Crippen LogP contribution in [0.1, 0.15) is 20.8 Å². The van der Waals surface area contributed by atoms with Gasteiger partial charge in [-0.3, -0.25) is 0 Å². The molecule has 0 N–H and O–H groups in total. The molecule has 0 aromatic rings. The predicted octanol–water partition coefficient (Wildman–Crippen LogP) is 1.83. The number of alkyl halides is 1. The average Bonchev–Trinajstić information content (AvgIpc) is 2.11. The lowest BCUT2D eigenvalue weighted by Crippen LogP contribution is -2.25. The topological polar surface area (TPSA) is 24.8 Å². The molecule has 1 atom stereocenters. The summed E-state index contributed by atoms with van der Waals surface area (Å²) in [7, 11) is 1.76. The van der Waals surface area contributed by atoms with Crippen LogP contribution in [0.25, 0.3) is 0 Å². The summed E-state index contributed by atoms with van der Waals surface area (Å²) in [6.45, 7) is 6.11. The Balaban J connectivity index is 2.71. The summed E-state index contributed by atoms with van der Waals surface area (Å²) in [4.78, 5) is 9.42. The van der Waals surface area contributed by atoms with Gasteiger partial charge >= 0.3 is 0 Å². The van der Waals surface area contributed by atoms with Gasteiger partial charge in [-0.2, -0.15) is 0 Å². The van der Waals surface area contributed by atoms with Crippen LogP contribution in [0.2, 0.25) is 0 Å². The van der Waals surface area contributed by atoms with Crippen molar-refractivity contribution in [1.82, 2.24) is 5.06 Å². The minimum atomic E-state index is -0.371. The van der Waals surface area contributed by atoms with E-state index in [-0.39, 0.29) is 11.0 Å². The van der Waals surface area contributed by atoms with Crippen LogP contribution >= 0.6 is 11.6 Å². The van der Waals surface area contributed by atoms with E-state index in [9.17, 15) is 0 Å². The number of nitrogens with zero attached hydrogens (tertiary/aromatic N) is 2. The second-order valence-electron chi connectivity index (χ2n) is 3.63. The molecule has 1 unspecified atom stereocenters. The minimum absolute atomic E-state index is 0.0576. The van der Waals surface area contributed by atoms with E-state index in [0.29, 0.717) is 5.90 Å². The van der Waals surface area contributed by atoms with Crippen molar-refractivity contribution in [3.05, 3.63) is 0 Å². The number of aliphatic imine (C=N–C) groups is 1. The third-order valence-electron chi connectivity index (χ3n) is 1.40. The van der Waals surface area contributed by atoms with Gasteiger partial charge < -0.3 is 4.84 Å². The normalized spacial score (nSPS) is 26.6. The zero-order valence-electron chi connectivity index (χ0n) is 7.26. The average molecular weight is 177 g/mol. The molecule has 0 bridgehead atoms. The van der Waals surface area contributed by atoms with Crippen molar-refractivity contribution in [2.24, 2.45) is 10.4 Å². The van der Waals surface area contributed by atoms with Crippen molar-refractivity contribution in [1.29, 1.82) is 0 Å². The van der Waals surface area contributed by atoms with E-state index in [1.54, 1.807) is 7.05 Å². The monoisotopic (exact) mass is 176 g/mol. The second kappa shape index (κ2) is 2.64. The van der Waals surface area contributed by atoms with Crippen LogP contribution in [0.3, 0.4) is 0 Å². The highest BCUT2D eigenvalue weighted by atomic mass is 35.5. The first-order chi connectivity index (χ1) is 4.91. The third kappa shape index (κ3) is 1.84. The van der Waals surface area contributed by atoms with Crippen molar-refractivity contribution >= 4 is 17.5 Å². The van der Waals surface area contributed by atoms with E-state index >= 15 is 0 Å². The van der Waals surface area contributed by atoms with Gasteiger partial charge in [-0.15, -0.1) is 5.06 Å². The van der Waals surface area contributed by atoms with Crippen LogP contribution in [0, 0.1) is 5.41 Å². The van der Waals surface area contributed by atoms with Crippen molar-refractivity contribution in [3.8, 4) is 0 Å². The summed E-state index contributed by atoms with van der Waals surface area (Å²) in [6, 6.07) is 0. The first-order valence-electron chi connectivity index (χ1n) is 3.54. The van der Waals surface area contributed by atoms with Gasteiger partial charge in [-0.1, -0.05) is 32.4 Å². The molecule has 0 fully saturated rings. The van der Waals surface area contributed by atoms with Crippen molar-refractivity contribution < 1.29 is 4.84 Å². The van der Waals surface area contributed by atoms with E-state index in [0.717, 1.165) is 0 Å². The molecule has 0 aromatic heterocycles. The van der Waals surface area contributed by atoms with Crippen LogP contribution in [0.15, 0.2) is 4.99 Å². The van der Waals surface area contributed by atoms with Crippen molar-refractivity contribution in [3.63, 3.8) is 0 Å². The Morgan fingerprint density at radius 2 is 2.09 bits per heavy atom. The highest BCUT2D eigenvalue weighted by molar-refractivity contribution is 6.21. The number of hydrogen-bond donors (Lipinski definition) is 0. The third-order valence-corrected chi connectivity index (χ3v) is 1.77. The molecule has 4 heteroatoms. The van der Waals surface area contributed by atoms with Crippen LogP contribution in [-0.4, -0.2) is 23.6 Å². The molecule has 64 valence electrons. The Bertz CT molecular complexity index is 185. The Kier molecular flexibility index (Phi) is 2.12. The van der Waals surface area contributed by atoms with Crippen molar-refractivity contribution in [2.75, 3.05) is 7.05 Å². The number of hydroxylamine groups is 2. The zero-order valence-corrected chi connectivity index (χ0v) is 8.01. The molecule has 0 radical (unpaired) electrons. The Morgan fingerprint density at radius 3 is 2.27 bits per heavy atom. The molecule has 0 aliphatic carbocycles. The van der Waals surface area contributed by atoms with Crippen LogP contribution in [0.5, 0.6) is 0 Å². The lowest BCUT2D eigenvalue weighted by atomic mass is 9.97. The minimum Gasteiger partial charge on any atom is -0.387 e. The van der Waals surface area contributed by atoms with Gasteiger partial charge in [0.05, 0.1) is 0 Å². The van der Waals surface area contributed by atoms with E-state index in [1.807, 2.05) is 20.8 Å². The SMILES string of the molecule is CN1OC(C(C)(C)C)=NC1Cl. The molecule has 1 aliphatic rings. The molecule has 0 spiro atoms. The van der Waals surface area contributed by atoms with Gasteiger partial charge in [0, 0.05) is 12.5 Å². The molecule has 3 nitrogen and oxygen atoms in total. The molecule has 1 heterocycles. The molecule has 0 amide bonds. The highest BCUT2D eigenvalue weighted by Crippen LogP contribution is 2.25. The standard InChI is InChI=1S/C7H13ClN2O/c1-7(2,3)5-9-6(8)10(4)11-5/h6H,1-4H3. The molecule has 0 saturated carbocycles. The number of hydrogen-bond acceptors (Lipinski definition) is 3. The lowest BCUT2D eigenvalue weighted by Gasteiger charge is -2.18. The Labute approximate surface area is 71.9 Å². The summed E-state index contributed by atoms with van der Waals surface area (Å²) in [5.41, 5.74) is -0.429. The maximum absolute atomic E-state index is 5.78. The molecule has 1 rings (SSSR count). The van der Waals surface area contributed by atoms with Gasteiger partial charge in [0.1, 0.15) is 0 Å². The molecule has 11 heavy (non-hydrogen) atoms. The zero-order chi connectivity index (χ0) is 8.65. The fraction of sp³-hybridized carbons (Fsp3) is 0.857. The van der Waals surface area contributed by atoms with Gasteiger partial charge in [0.2, 0.25) is 11.5 Å². The fourth-order valence-electron chi connectivity index (χ4n) is 0.712. The fourth-order valence-corrected chi connectivity index (χ4v) is 0.841. The first kappa shape index (κ1) is 8.81. The largest absolute Gasteiger partial charge is 0.387 e. The molecule has 0 saturated heterocycles. The summed E-state index contributed by atoms with van der Waals surface area (Å²) < 4.78 is 0. The molecular weight excluding hydrogens is 164 g/mol. The first-order valence-corrected chi connectivity index (χ1v) is 3.98. The van der Waals surface area contributed by atoms with Gasteiger partial charge in [0.25, 0.3) is 0 Å². The maximum Gasteiger partial charge on any atom is 0.217 e. The summed E-state index contributed by atoms with van der Waals surface area (Å²) in [6.07, 6.45) is 0.